The number of likely N-dealkylation sites (tertiary alicyclic amines) is 1. The first-order valence-electron chi connectivity index (χ1n) is 10.5. The molecule has 1 aromatic rings. The molecule has 3 rings (SSSR count). The van der Waals surface area contributed by atoms with Gasteiger partial charge in [-0.25, -0.2) is 4.39 Å². The maximum atomic E-state index is 14.0. The number of nitrogens with zero attached hydrogens (tertiary/aromatic N) is 3. The summed E-state index contributed by atoms with van der Waals surface area (Å²) in [7, 11) is 5.69. The van der Waals surface area contributed by atoms with E-state index in [2.05, 4.69) is 36.0 Å². The third-order valence-electron chi connectivity index (χ3n) is 6.02. The normalized spacial score (nSPS) is 20.6. The van der Waals surface area contributed by atoms with Crippen LogP contribution in [0.15, 0.2) is 48.3 Å². The van der Waals surface area contributed by atoms with E-state index in [0.717, 1.165) is 31.6 Å². The highest BCUT2D eigenvalue weighted by molar-refractivity contribution is 5.96. The molecule has 1 amide bonds. The van der Waals surface area contributed by atoms with E-state index in [-0.39, 0.29) is 17.7 Å². The molecule has 2 aliphatic rings. The monoisotopic (exact) mass is 413 g/mol. The summed E-state index contributed by atoms with van der Waals surface area (Å²) >= 11 is 0. The number of hydrogen-bond donors (Lipinski definition) is 0. The topological polar surface area (TPSA) is 36.0 Å². The van der Waals surface area contributed by atoms with E-state index >= 15 is 0 Å². The Morgan fingerprint density at radius 3 is 2.57 bits per heavy atom. The summed E-state index contributed by atoms with van der Waals surface area (Å²) in [4.78, 5) is 19.4. The minimum atomic E-state index is -0.437. The van der Waals surface area contributed by atoms with Gasteiger partial charge in [-0.05, 0) is 70.1 Å². The minimum Gasteiger partial charge on any atom is -0.494 e. The fourth-order valence-corrected chi connectivity index (χ4v) is 3.98. The van der Waals surface area contributed by atoms with Crippen molar-refractivity contribution in [3.8, 4) is 5.75 Å². The lowest BCUT2D eigenvalue weighted by atomic mass is 10.0. The van der Waals surface area contributed by atoms with E-state index in [1.165, 1.54) is 13.2 Å². The summed E-state index contributed by atoms with van der Waals surface area (Å²) in [5.74, 6) is -0.354. The third-order valence-corrected chi connectivity index (χ3v) is 6.02. The molecule has 2 heterocycles. The summed E-state index contributed by atoms with van der Waals surface area (Å²) in [5.41, 5.74) is 2.45. The molecule has 0 bridgehead atoms. The van der Waals surface area contributed by atoms with Crippen LogP contribution in [0.4, 0.5) is 4.39 Å². The standard InChI is InChI=1S/C24H32FN3O2/c1-17(19-7-9-23(30-5)22(25)15-19)14-24(29)28-16-21(8-6-18(28)2)27-12-10-20(11-13-27)26(3)4/h6-9,14-16,18,20H,10-13H2,1-5H3/b17-14+. The summed E-state index contributed by atoms with van der Waals surface area (Å²) in [6, 6.07) is 5.32. The molecule has 0 aliphatic carbocycles. The van der Waals surface area contributed by atoms with Gasteiger partial charge < -0.3 is 19.4 Å². The van der Waals surface area contributed by atoms with E-state index < -0.39 is 5.82 Å². The predicted octanol–water partition coefficient (Wildman–Crippen LogP) is 3.89. The molecule has 162 valence electrons. The Hall–Kier alpha value is -2.60. The van der Waals surface area contributed by atoms with Crippen LogP contribution in [-0.4, -0.2) is 67.0 Å². The Morgan fingerprint density at radius 2 is 1.97 bits per heavy atom. The molecule has 1 aromatic carbocycles. The maximum Gasteiger partial charge on any atom is 0.251 e. The third kappa shape index (κ3) is 4.93. The van der Waals surface area contributed by atoms with Crippen molar-refractivity contribution < 1.29 is 13.9 Å². The molecular weight excluding hydrogens is 381 g/mol. The molecule has 0 spiro atoms. The molecule has 1 atom stereocenters. The van der Waals surface area contributed by atoms with Gasteiger partial charge in [0.25, 0.3) is 5.91 Å². The molecule has 30 heavy (non-hydrogen) atoms. The number of rotatable bonds is 5. The lowest BCUT2D eigenvalue weighted by molar-refractivity contribution is -0.124. The van der Waals surface area contributed by atoms with Crippen molar-refractivity contribution in [2.75, 3.05) is 34.3 Å². The number of halogens is 1. The largest absolute Gasteiger partial charge is 0.494 e. The lowest BCUT2D eigenvalue weighted by Gasteiger charge is -2.39. The number of benzene rings is 1. The Kier molecular flexibility index (Phi) is 6.98. The molecule has 0 radical (unpaired) electrons. The average Bonchev–Trinajstić information content (AvgIpc) is 2.74. The van der Waals surface area contributed by atoms with E-state index in [4.69, 9.17) is 4.74 Å². The molecule has 0 N–H and O–H groups in total. The number of hydrogen-bond acceptors (Lipinski definition) is 4. The van der Waals surface area contributed by atoms with Crippen molar-refractivity contribution >= 4 is 11.5 Å². The summed E-state index contributed by atoms with van der Waals surface area (Å²) in [5, 5.41) is 0. The van der Waals surface area contributed by atoms with Crippen LogP contribution in [0.2, 0.25) is 0 Å². The van der Waals surface area contributed by atoms with E-state index in [0.29, 0.717) is 17.2 Å². The first-order valence-corrected chi connectivity index (χ1v) is 10.5. The molecule has 1 unspecified atom stereocenters. The number of carbonyl (C=O) groups is 1. The van der Waals surface area contributed by atoms with Crippen molar-refractivity contribution in [3.63, 3.8) is 0 Å². The SMILES string of the molecule is COc1ccc(/C(C)=C/C(=O)N2C=C(N3CCC(N(C)C)CC3)C=CC2C)cc1F. The Bertz CT molecular complexity index is 867. The second-order valence-corrected chi connectivity index (χ2v) is 8.26. The highest BCUT2D eigenvalue weighted by atomic mass is 19.1. The molecule has 1 saturated heterocycles. The van der Waals surface area contributed by atoms with Crippen LogP contribution < -0.4 is 4.74 Å². The van der Waals surface area contributed by atoms with Gasteiger partial charge in [0.05, 0.1) is 18.8 Å². The van der Waals surface area contributed by atoms with E-state index in [9.17, 15) is 9.18 Å². The predicted molar refractivity (Wildman–Crippen MR) is 118 cm³/mol. The number of amides is 1. The van der Waals surface area contributed by atoms with Crippen LogP contribution in [0, 0.1) is 5.82 Å². The van der Waals surface area contributed by atoms with Gasteiger partial charge in [0.2, 0.25) is 0 Å². The second kappa shape index (κ2) is 9.47. The summed E-state index contributed by atoms with van der Waals surface area (Å²) in [6.07, 6.45) is 9.92. The molecule has 6 heteroatoms. The number of allylic oxidation sites excluding steroid dienone is 2. The molecule has 5 nitrogen and oxygen atoms in total. The fraction of sp³-hybridized carbons (Fsp3) is 0.458. The summed E-state index contributed by atoms with van der Waals surface area (Å²) < 4.78 is 19.0. The lowest BCUT2D eigenvalue weighted by Crippen LogP contribution is -2.43. The van der Waals surface area contributed by atoms with Gasteiger partial charge in [-0.2, -0.15) is 0 Å². The Labute approximate surface area is 179 Å². The molecule has 0 aromatic heterocycles. The van der Waals surface area contributed by atoms with Crippen LogP contribution in [0.3, 0.4) is 0 Å². The van der Waals surface area contributed by atoms with E-state index in [1.807, 2.05) is 20.0 Å². The fourth-order valence-electron chi connectivity index (χ4n) is 3.98. The molecule has 0 saturated carbocycles. The van der Waals surface area contributed by atoms with Crippen molar-refractivity contribution in [2.45, 2.75) is 38.8 Å². The van der Waals surface area contributed by atoms with Gasteiger partial charge in [0.15, 0.2) is 11.6 Å². The van der Waals surface area contributed by atoms with Crippen LogP contribution in [-0.2, 0) is 4.79 Å². The van der Waals surface area contributed by atoms with Crippen LogP contribution in [0.25, 0.3) is 5.57 Å². The summed E-state index contributed by atoms with van der Waals surface area (Å²) in [6.45, 7) is 5.78. The van der Waals surface area contributed by atoms with Gasteiger partial charge in [-0.15, -0.1) is 0 Å². The molecule has 1 fully saturated rings. The zero-order valence-electron chi connectivity index (χ0n) is 18.6. The number of ether oxygens (including phenoxy) is 1. The van der Waals surface area contributed by atoms with Crippen LogP contribution >= 0.6 is 0 Å². The van der Waals surface area contributed by atoms with Gasteiger partial charge in [-0.3, -0.25) is 4.79 Å². The zero-order valence-corrected chi connectivity index (χ0v) is 18.6. The van der Waals surface area contributed by atoms with Gasteiger partial charge in [0, 0.05) is 31.4 Å². The van der Waals surface area contributed by atoms with Gasteiger partial charge >= 0.3 is 0 Å². The second-order valence-electron chi connectivity index (χ2n) is 8.26. The quantitative estimate of drug-likeness (QED) is 0.686. The Morgan fingerprint density at radius 1 is 1.27 bits per heavy atom. The highest BCUT2D eigenvalue weighted by Gasteiger charge is 2.25. The van der Waals surface area contributed by atoms with Crippen molar-refractivity contribution in [1.29, 1.82) is 0 Å². The van der Waals surface area contributed by atoms with Crippen molar-refractivity contribution in [1.82, 2.24) is 14.7 Å². The smallest absolute Gasteiger partial charge is 0.251 e. The average molecular weight is 414 g/mol. The number of carbonyl (C=O) groups excluding carboxylic acids is 1. The van der Waals surface area contributed by atoms with Crippen LogP contribution in [0.5, 0.6) is 5.75 Å². The first-order chi connectivity index (χ1) is 14.3. The van der Waals surface area contributed by atoms with E-state index in [1.54, 1.807) is 23.1 Å². The first kappa shape index (κ1) is 22.1. The zero-order chi connectivity index (χ0) is 21.8. The minimum absolute atomic E-state index is 0.0304. The number of methoxy groups -OCH3 is 1. The molecular formula is C24H32FN3O2. The van der Waals surface area contributed by atoms with Crippen molar-refractivity contribution in [3.05, 3.63) is 59.7 Å². The maximum absolute atomic E-state index is 14.0. The van der Waals surface area contributed by atoms with Gasteiger partial charge in [-0.1, -0.05) is 12.1 Å². The van der Waals surface area contributed by atoms with Gasteiger partial charge in [0.1, 0.15) is 0 Å². The highest BCUT2D eigenvalue weighted by Crippen LogP contribution is 2.25. The molecule has 2 aliphatic heterocycles. The van der Waals surface area contributed by atoms with Crippen molar-refractivity contribution in [2.24, 2.45) is 0 Å². The van der Waals surface area contributed by atoms with Crippen LogP contribution in [0.1, 0.15) is 32.3 Å². The number of piperidine rings is 1. The Balaban J connectivity index is 1.73.